The third kappa shape index (κ3) is 14.0. The van der Waals surface area contributed by atoms with Crippen molar-refractivity contribution >= 4 is 49.5 Å². The summed E-state index contributed by atoms with van der Waals surface area (Å²) in [6.45, 7) is 12.8. The summed E-state index contributed by atoms with van der Waals surface area (Å²) in [5.74, 6) is -1.62. The van der Waals surface area contributed by atoms with Crippen LogP contribution >= 0.6 is 0 Å². The molecule has 0 aliphatic carbocycles. The van der Waals surface area contributed by atoms with Crippen molar-refractivity contribution in [2.75, 3.05) is 0 Å². The summed E-state index contributed by atoms with van der Waals surface area (Å²) in [6.07, 6.45) is 8.57. The molecule has 6 nitrogen and oxygen atoms in total. The fourth-order valence-corrected chi connectivity index (χ4v) is 31.1. The molecular weight excluding hydrogens is 670 g/mol. The van der Waals surface area contributed by atoms with Gasteiger partial charge in [0.25, 0.3) is 0 Å². The van der Waals surface area contributed by atoms with Gasteiger partial charge in [-0.25, -0.2) is 0 Å². The normalized spacial score (nSPS) is 13.9. The Balaban J connectivity index is 5.63. The van der Waals surface area contributed by atoms with E-state index >= 15 is 0 Å². The van der Waals surface area contributed by atoms with Crippen LogP contribution in [0.3, 0.4) is 0 Å². The van der Waals surface area contributed by atoms with E-state index in [1.54, 1.807) is 0 Å². The number of aliphatic hydroxyl groups is 2. The summed E-state index contributed by atoms with van der Waals surface area (Å²) < 4.78 is 18.0. The Morgan fingerprint density at radius 1 is 0.500 bits per heavy atom. The van der Waals surface area contributed by atoms with E-state index in [1.807, 2.05) is 0 Å². The molecule has 8 heteroatoms. The first kappa shape index (κ1) is 36.5. The summed E-state index contributed by atoms with van der Waals surface area (Å²) in [5, 5.41) is 21.5. The number of carbonyl (C=O) groups is 2. The van der Waals surface area contributed by atoms with Gasteiger partial charge in [-0.2, -0.15) is 0 Å². The van der Waals surface area contributed by atoms with Crippen molar-refractivity contribution in [1.82, 2.24) is 0 Å². The molecule has 0 aliphatic heterocycles. The molecule has 2 N–H and O–H groups in total. The Hall–Kier alpha value is 0.457. The molecule has 0 radical (unpaired) electrons. The van der Waals surface area contributed by atoms with E-state index < -0.39 is 61.7 Å². The van der Waals surface area contributed by atoms with Crippen molar-refractivity contribution in [2.24, 2.45) is 0 Å². The van der Waals surface area contributed by atoms with Gasteiger partial charge in [-0.3, -0.25) is 0 Å². The van der Waals surface area contributed by atoms with Crippen molar-refractivity contribution in [3.8, 4) is 0 Å². The minimum atomic E-state index is -3.33. The van der Waals surface area contributed by atoms with Gasteiger partial charge in [0.15, 0.2) is 0 Å². The second kappa shape index (κ2) is 21.3. The van der Waals surface area contributed by atoms with Gasteiger partial charge in [-0.15, -0.1) is 0 Å². The minimum absolute atomic E-state index is 0.810. The van der Waals surface area contributed by atoms with Crippen molar-refractivity contribution in [1.29, 1.82) is 0 Å². The number of rotatable bonds is 23. The molecule has 0 saturated carbocycles. The van der Waals surface area contributed by atoms with E-state index in [-0.39, 0.29) is 0 Å². The number of unbranched alkanes of at least 4 members (excludes halogenated alkanes) is 6. The molecule has 2 atom stereocenters. The molecule has 0 spiro atoms. The zero-order valence-corrected chi connectivity index (χ0v) is 30.1. The summed E-state index contributed by atoms with van der Waals surface area (Å²) >= 11 is -6.66. The van der Waals surface area contributed by atoms with Crippen LogP contribution in [0.25, 0.3) is 0 Å². The van der Waals surface area contributed by atoms with Gasteiger partial charge in [-0.05, 0) is 0 Å². The van der Waals surface area contributed by atoms with Crippen LogP contribution in [0.4, 0.5) is 0 Å². The molecule has 0 rings (SSSR count). The molecule has 0 amide bonds. The average molecular weight is 728 g/mol. The maximum absolute atomic E-state index is 13.1. The van der Waals surface area contributed by atoms with E-state index in [0.29, 0.717) is 0 Å². The summed E-state index contributed by atoms with van der Waals surface area (Å²) in [5.41, 5.74) is 0. The number of hydrogen-bond donors (Lipinski definition) is 2. The monoisotopic (exact) mass is 730 g/mol. The summed E-state index contributed by atoms with van der Waals surface area (Å²) in [6, 6.07) is 0. The fourth-order valence-electron chi connectivity index (χ4n) is 4.86. The van der Waals surface area contributed by atoms with Crippen LogP contribution in [-0.2, 0) is 15.7 Å². The molecule has 214 valence electrons. The third-order valence-electron chi connectivity index (χ3n) is 7.33. The van der Waals surface area contributed by atoms with Gasteiger partial charge in [0, 0.05) is 0 Å². The molecular formula is C28H58O6Sn2. The predicted molar refractivity (Wildman–Crippen MR) is 154 cm³/mol. The Bertz CT molecular complexity index is 493. The zero-order valence-electron chi connectivity index (χ0n) is 24.4. The third-order valence-corrected chi connectivity index (χ3v) is 32.6. The maximum atomic E-state index is 13.1. The van der Waals surface area contributed by atoms with Crippen molar-refractivity contribution in [3.63, 3.8) is 0 Å². The van der Waals surface area contributed by atoms with Crippen molar-refractivity contribution in [2.45, 2.75) is 157 Å². The molecule has 0 aromatic carbocycles. The first-order valence-electron chi connectivity index (χ1n) is 15.0. The van der Waals surface area contributed by atoms with Crippen molar-refractivity contribution < 1.29 is 26.0 Å². The Kier molecular flexibility index (Phi) is 21.6. The van der Waals surface area contributed by atoms with Gasteiger partial charge in [0.1, 0.15) is 0 Å². The fraction of sp³-hybridized carbons (Fsp3) is 0.929. The summed E-state index contributed by atoms with van der Waals surface area (Å²) in [7, 11) is 0. The van der Waals surface area contributed by atoms with Crippen LogP contribution < -0.4 is 0 Å². The van der Waals surface area contributed by atoms with Gasteiger partial charge < -0.3 is 0 Å². The van der Waals surface area contributed by atoms with Crippen LogP contribution in [0.1, 0.15) is 119 Å². The van der Waals surface area contributed by atoms with Crippen LogP contribution in [0.2, 0.25) is 26.6 Å². The van der Waals surface area contributed by atoms with Crippen LogP contribution in [0, 0.1) is 0 Å². The van der Waals surface area contributed by atoms with E-state index in [2.05, 4.69) is 41.5 Å². The molecule has 0 saturated heterocycles. The average Bonchev–Trinajstić information content (AvgIpc) is 2.89. The van der Waals surface area contributed by atoms with E-state index in [0.717, 1.165) is 104 Å². The topological polar surface area (TPSA) is 93.1 Å². The van der Waals surface area contributed by atoms with Gasteiger partial charge in [-0.1, -0.05) is 0 Å². The molecule has 0 aliphatic rings. The van der Waals surface area contributed by atoms with Gasteiger partial charge >= 0.3 is 233 Å². The molecule has 0 fully saturated rings. The molecule has 0 heterocycles. The summed E-state index contributed by atoms with van der Waals surface area (Å²) in [4.78, 5) is 26.2. The zero-order chi connectivity index (χ0) is 27.5. The predicted octanol–water partition coefficient (Wildman–Crippen LogP) is 7.49. The second-order valence-electron chi connectivity index (χ2n) is 10.7. The number of aliphatic hydroxyl groups excluding tert-OH is 2. The molecule has 36 heavy (non-hydrogen) atoms. The van der Waals surface area contributed by atoms with Crippen LogP contribution in [0.15, 0.2) is 0 Å². The van der Waals surface area contributed by atoms with Crippen molar-refractivity contribution in [3.05, 3.63) is 0 Å². The molecule has 2 unspecified atom stereocenters. The SMILES string of the molecule is CCC[CH2][Sn]([CH2]CCC)([CH2]CCC)[O]C(=O)C(O)C(O)C(=O)[O][Sn]([CH2]CCC)([CH2]CCC)[CH2]CCC. The first-order chi connectivity index (χ1) is 17.2. The first-order valence-corrected chi connectivity index (χ1v) is 29.5. The number of carbonyl (C=O) groups excluding carboxylic acids is 2. The molecule has 0 aromatic rings. The Morgan fingerprint density at radius 2 is 0.694 bits per heavy atom. The quantitative estimate of drug-likeness (QED) is 0.106. The van der Waals surface area contributed by atoms with E-state index in [9.17, 15) is 19.8 Å². The second-order valence-corrected chi connectivity index (χ2v) is 34.0. The van der Waals surface area contributed by atoms with E-state index in [4.69, 9.17) is 6.15 Å². The standard InChI is InChI=1S/C4H6O6.6C4H9.2Sn/c5-1(3(7)8)2(6)4(9)10;6*1-3-4-2;;/h1-2,5-6H,(H,7,8)(H,9,10);6*1,3-4H2,2H3;;/q;;;;;;;2*+1/p-2. The van der Waals surface area contributed by atoms with Crippen LogP contribution in [-0.4, -0.2) is 71.9 Å². The van der Waals surface area contributed by atoms with E-state index in [1.165, 1.54) is 0 Å². The molecule has 0 bridgehead atoms. The Labute approximate surface area is 231 Å². The Morgan fingerprint density at radius 3 is 0.861 bits per heavy atom. The number of hydrogen-bond acceptors (Lipinski definition) is 6. The van der Waals surface area contributed by atoms with Crippen LogP contribution in [0.5, 0.6) is 0 Å². The molecule has 0 aromatic heterocycles. The van der Waals surface area contributed by atoms with Gasteiger partial charge in [0.05, 0.1) is 0 Å². The van der Waals surface area contributed by atoms with Gasteiger partial charge in [0.2, 0.25) is 0 Å².